The van der Waals surface area contributed by atoms with Crippen molar-refractivity contribution in [1.29, 1.82) is 0 Å². The van der Waals surface area contributed by atoms with Crippen LogP contribution < -0.4 is 0 Å². The quantitative estimate of drug-likeness (QED) is 0.584. The van der Waals surface area contributed by atoms with Gasteiger partial charge in [-0.1, -0.05) is 47.8 Å². The summed E-state index contributed by atoms with van der Waals surface area (Å²) in [6.07, 6.45) is 6.11. The highest BCUT2D eigenvalue weighted by molar-refractivity contribution is 9.10. The molecule has 1 aliphatic heterocycles. The Bertz CT molecular complexity index is 744. The van der Waals surface area contributed by atoms with Gasteiger partial charge in [-0.15, -0.1) is 0 Å². The number of amides is 1. The van der Waals surface area contributed by atoms with E-state index in [1.807, 2.05) is 29.2 Å². The van der Waals surface area contributed by atoms with Crippen molar-refractivity contribution in [3.8, 4) is 11.4 Å². The zero-order valence-corrected chi connectivity index (χ0v) is 17.7. The van der Waals surface area contributed by atoms with Crippen LogP contribution in [-0.2, 0) is 4.79 Å². The number of aromatic nitrogens is 2. The molecule has 6 heteroatoms. The lowest BCUT2D eigenvalue weighted by Gasteiger charge is -2.33. The Balaban J connectivity index is 1.67. The topological polar surface area (TPSA) is 59.2 Å². The molecule has 146 valence electrons. The fraction of sp³-hybridized carbons (Fsp3) is 0.571. The first kappa shape index (κ1) is 20.1. The fourth-order valence-electron chi connectivity index (χ4n) is 3.71. The summed E-state index contributed by atoms with van der Waals surface area (Å²) in [5, 5.41) is 4.15. The number of unbranched alkanes of at least 4 members (excludes halogenated alkanes) is 1. The lowest BCUT2D eigenvalue weighted by atomic mass is 9.93. The maximum absolute atomic E-state index is 12.9. The molecule has 27 heavy (non-hydrogen) atoms. The minimum absolute atomic E-state index is 0.128. The van der Waals surface area contributed by atoms with Crippen LogP contribution in [0.25, 0.3) is 11.4 Å². The van der Waals surface area contributed by atoms with E-state index in [0.717, 1.165) is 55.1 Å². The highest BCUT2D eigenvalue weighted by Crippen LogP contribution is 2.29. The number of piperidine rings is 1. The van der Waals surface area contributed by atoms with E-state index in [9.17, 15) is 4.79 Å². The highest BCUT2D eigenvalue weighted by Gasteiger charge is 2.31. The average Bonchev–Trinajstić information content (AvgIpc) is 3.19. The largest absolute Gasteiger partial charge is 0.342 e. The van der Waals surface area contributed by atoms with Crippen LogP contribution in [0.5, 0.6) is 0 Å². The fourth-order valence-corrected chi connectivity index (χ4v) is 3.97. The van der Waals surface area contributed by atoms with E-state index in [1.165, 1.54) is 0 Å². The van der Waals surface area contributed by atoms with E-state index in [0.29, 0.717) is 24.2 Å². The first-order valence-electron chi connectivity index (χ1n) is 10.0. The maximum Gasteiger partial charge on any atom is 0.231 e. The van der Waals surface area contributed by atoms with E-state index in [1.54, 1.807) is 0 Å². The molecule has 2 heterocycles. The van der Waals surface area contributed by atoms with E-state index < -0.39 is 0 Å². The van der Waals surface area contributed by atoms with Gasteiger partial charge in [-0.2, -0.15) is 4.98 Å². The minimum atomic E-state index is 0.128. The predicted octanol–water partition coefficient (Wildman–Crippen LogP) is 5.42. The Morgan fingerprint density at radius 2 is 2.11 bits per heavy atom. The zero-order valence-electron chi connectivity index (χ0n) is 16.2. The molecule has 1 amide bonds. The van der Waals surface area contributed by atoms with E-state index in [-0.39, 0.29) is 11.8 Å². The lowest BCUT2D eigenvalue weighted by Crippen LogP contribution is -2.42. The molecule has 0 aliphatic carbocycles. The van der Waals surface area contributed by atoms with Gasteiger partial charge < -0.3 is 9.42 Å². The van der Waals surface area contributed by atoms with Gasteiger partial charge in [0.1, 0.15) is 0 Å². The van der Waals surface area contributed by atoms with E-state index in [2.05, 4.69) is 39.9 Å². The second kappa shape index (κ2) is 9.49. The summed E-state index contributed by atoms with van der Waals surface area (Å²) in [7, 11) is 0. The van der Waals surface area contributed by atoms with Crippen molar-refractivity contribution in [3.63, 3.8) is 0 Å². The van der Waals surface area contributed by atoms with Gasteiger partial charge >= 0.3 is 0 Å². The SMILES string of the molecule is CCCCC(CC)C(=O)N1CCCC(c2nc(-c3ccc(Br)cc3)no2)C1. The Kier molecular flexibility index (Phi) is 7.05. The molecule has 1 aliphatic rings. The smallest absolute Gasteiger partial charge is 0.231 e. The normalized spacial score (nSPS) is 18.5. The molecule has 0 saturated carbocycles. The van der Waals surface area contributed by atoms with Crippen LogP contribution in [0.1, 0.15) is 64.2 Å². The third-order valence-corrected chi connectivity index (χ3v) is 5.90. The van der Waals surface area contributed by atoms with Gasteiger partial charge in [-0.25, -0.2) is 0 Å². The van der Waals surface area contributed by atoms with Gasteiger partial charge in [0.2, 0.25) is 17.6 Å². The number of hydrogen-bond acceptors (Lipinski definition) is 4. The molecule has 1 fully saturated rings. The van der Waals surface area contributed by atoms with Crippen LogP contribution in [0, 0.1) is 5.92 Å². The number of likely N-dealkylation sites (tertiary alicyclic amines) is 1. The molecular formula is C21H28BrN3O2. The number of halogens is 1. The Morgan fingerprint density at radius 1 is 1.33 bits per heavy atom. The molecule has 0 spiro atoms. The summed E-state index contributed by atoms with van der Waals surface area (Å²) in [4.78, 5) is 19.6. The third kappa shape index (κ3) is 4.98. The summed E-state index contributed by atoms with van der Waals surface area (Å²) < 4.78 is 6.58. The van der Waals surface area contributed by atoms with Crippen LogP contribution in [-0.4, -0.2) is 34.0 Å². The molecule has 2 atom stereocenters. The van der Waals surface area contributed by atoms with Gasteiger partial charge in [0.05, 0.1) is 5.92 Å². The summed E-state index contributed by atoms with van der Waals surface area (Å²) in [6, 6.07) is 7.87. The lowest BCUT2D eigenvalue weighted by molar-refractivity contribution is -0.137. The standard InChI is InChI=1S/C21H28BrN3O2/c1-3-5-7-15(4-2)21(26)25-13-6-8-17(14-25)20-23-19(24-27-20)16-9-11-18(22)12-10-16/h9-12,15,17H,3-8,13-14H2,1-2H3. The van der Waals surface area contributed by atoms with E-state index in [4.69, 9.17) is 4.52 Å². The first-order valence-corrected chi connectivity index (χ1v) is 10.8. The summed E-state index contributed by atoms with van der Waals surface area (Å²) in [5.74, 6) is 1.82. The molecule has 1 aromatic heterocycles. The zero-order chi connectivity index (χ0) is 19.2. The molecular weight excluding hydrogens is 406 g/mol. The number of carbonyl (C=O) groups excluding carboxylic acids is 1. The molecule has 5 nitrogen and oxygen atoms in total. The maximum atomic E-state index is 12.9. The Morgan fingerprint density at radius 3 is 2.81 bits per heavy atom. The molecule has 1 saturated heterocycles. The minimum Gasteiger partial charge on any atom is -0.342 e. The van der Waals surface area contributed by atoms with Crippen LogP contribution in [0.15, 0.2) is 33.3 Å². The van der Waals surface area contributed by atoms with Crippen molar-refractivity contribution < 1.29 is 9.32 Å². The van der Waals surface area contributed by atoms with Crippen molar-refractivity contribution in [2.75, 3.05) is 13.1 Å². The Labute approximate surface area is 169 Å². The van der Waals surface area contributed by atoms with Gasteiger partial charge in [0, 0.05) is 29.0 Å². The summed E-state index contributed by atoms with van der Waals surface area (Å²) in [5.41, 5.74) is 0.933. The molecule has 0 N–H and O–H groups in total. The van der Waals surface area contributed by atoms with Crippen LogP contribution in [0.3, 0.4) is 0 Å². The van der Waals surface area contributed by atoms with Crippen molar-refractivity contribution >= 4 is 21.8 Å². The van der Waals surface area contributed by atoms with Crippen molar-refractivity contribution in [2.24, 2.45) is 5.92 Å². The Hall–Kier alpha value is -1.69. The molecule has 0 radical (unpaired) electrons. The van der Waals surface area contributed by atoms with Gasteiger partial charge in [-0.05, 0) is 49.9 Å². The monoisotopic (exact) mass is 433 g/mol. The third-order valence-electron chi connectivity index (χ3n) is 5.37. The van der Waals surface area contributed by atoms with Gasteiger partial charge in [0.15, 0.2) is 0 Å². The number of hydrogen-bond donors (Lipinski definition) is 0. The second-order valence-corrected chi connectivity index (χ2v) is 8.25. The van der Waals surface area contributed by atoms with Gasteiger partial charge in [0.25, 0.3) is 0 Å². The highest BCUT2D eigenvalue weighted by atomic mass is 79.9. The van der Waals surface area contributed by atoms with E-state index >= 15 is 0 Å². The predicted molar refractivity (Wildman–Crippen MR) is 109 cm³/mol. The molecule has 2 unspecified atom stereocenters. The molecule has 0 bridgehead atoms. The van der Waals surface area contributed by atoms with Crippen molar-refractivity contribution in [3.05, 3.63) is 34.6 Å². The molecule has 3 rings (SSSR count). The van der Waals surface area contributed by atoms with Crippen LogP contribution in [0.4, 0.5) is 0 Å². The van der Waals surface area contributed by atoms with Crippen molar-refractivity contribution in [1.82, 2.24) is 15.0 Å². The molecule has 2 aromatic rings. The second-order valence-electron chi connectivity index (χ2n) is 7.33. The van der Waals surface area contributed by atoms with Crippen LogP contribution >= 0.6 is 15.9 Å². The van der Waals surface area contributed by atoms with Crippen LogP contribution in [0.2, 0.25) is 0 Å². The number of carbonyl (C=O) groups is 1. The van der Waals surface area contributed by atoms with Crippen molar-refractivity contribution in [2.45, 2.75) is 58.3 Å². The summed E-state index contributed by atoms with van der Waals surface area (Å²) >= 11 is 3.44. The van der Waals surface area contributed by atoms with Gasteiger partial charge in [-0.3, -0.25) is 4.79 Å². The first-order chi connectivity index (χ1) is 13.1. The number of rotatable bonds is 7. The average molecular weight is 434 g/mol. The number of nitrogens with zero attached hydrogens (tertiary/aromatic N) is 3. The number of benzene rings is 1. The summed E-state index contributed by atoms with van der Waals surface area (Å²) in [6.45, 7) is 5.81. The molecule has 1 aromatic carbocycles.